The fourth-order valence-electron chi connectivity index (χ4n) is 2.85. The van der Waals surface area contributed by atoms with Crippen molar-refractivity contribution in [3.8, 4) is 0 Å². The van der Waals surface area contributed by atoms with E-state index in [4.69, 9.17) is 0 Å². The highest BCUT2D eigenvalue weighted by Gasteiger charge is 2.32. The minimum atomic E-state index is 0.0706. The summed E-state index contributed by atoms with van der Waals surface area (Å²) in [6.45, 7) is 1.40. The SMILES string of the molecule is OCC1(NCC2CC=CCC2)CCCC1. The largest absolute Gasteiger partial charge is 0.394 e. The summed E-state index contributed by atoms with van der Waals surface area (Å²) in [5.74, 6) is 0.791. The molecule has 0 aromatic heterocycles. The number of nitrogens with one attached hydrogen (secondary N) is 1. The molecule has 0 radical (unpaired) electrons. The summed E-state index contributed by atoms with van der Waals surface area (Å²) in [7, 11) is 0. The van der Waals surface area contributed by atoms with E-state index in [0.29, 0.717) is 6.61 Å². The number of hydrogen-bond acceptors (Lipinski definition) is 2. The van der Waals surface area contributed by atoms with Gasteiger partial charge >= 0.3 is 0 Å². The number of rotatable bonds is 4. The molecular weight excluding hydrogens is 186 g/mol. The zero-order valence-electron chi connectivity index (χ0n) is 9.54. The van der Waals surface area contributed by atoms with Crippen LogP contribution in [0.4, 0.5) is 0 Å². The maximum atomic E-state index is 9.47. The summed E-state index contributed by atoms with van der Waals surface area (Å²) in [6, 6.07) is 0. The summed E-state index contributed by atoms with van der Waals surface area (Å²) < 4.78 is 0. The molecule has 0 aromatic carbocycles. The molecule has 2 rings (SSSR count). The quantitative estimate of drug-likeness (QED) is 0.696. The van der Waals surface area contributed by atoms with Gasteiger partial charge in [0.05, 0.1) is 6.61 Å². The zero-order chi connectivity index (χ0) is 10.6. The molecule has 2 aliphatic carbocycles. The van der Waals surface area contributed by atoms with Gasteiger partial charge in [0, 0.05) is 5.54 Å². The van der Waals surface area contributed by atoms with Crippen LogP contribution in [0.5, 0.6) is 0 Å². The van der Waals surface area contributed by atoms with Gasteiger partial charge in [0.15, 0.2) is 0 Å². The molecule has 0 saturated heterocycles. The maximum Gasteiger partial charge on any atom is 0.0613 e. The predicted octanol–water partition coefficient (Wildman–Crippen LogP) is 2.24. The lowest BCUT2D eigenvalue weighted by molar-refractivity contribution is 0.157. The zero-order valence-corrected chi connectivity index (χ0v) is 9.54. The number of hydrogen-bond donors (Lipinski definition) is 2. The molecule has 15 heavy (non-hydrogen) atoms. The van der Waals surface area contributed by atoms with Crippen molar-refractivity contribution in [1.82, 2.24) is 5.32 Å². The van der Waals surface area contributed by atoms with Crippen LogP contribution in [0, 0.1) is 5.92 Å². The molecule has 2 nitrogen and oxygen atoms in total. The third-order valence-electron chi connectivity index (χ3n) is 4.01. The molecule has 0 amide bonds. The second-order valence-corrected chi connectivity index (χ2v) is 5.18. The number of aliphatic hydroxyl groups excluding tert-OH is 1. The van der Waals surface area contributed by atoms with Gasteiger partial charge in [-0.1, -0.05) is 25.0 Å². The number of allylic oxidation sites excluding steroid dienone is 2. The van der Waals surface area contributed by atoms with E-state index in [1.54, 1.807) is 0 Å². The van der Waals surface area contributed by atoms with Crippen molar-refractivity contribution in [2.24, 2.45) is 5.92 Å². The van der Waals surface area contributed by atoms with Crippen molar-refractivity contribution in [3.63, 3.8) is 0 Å². The van der Waals surface area contributed by atoms with Crippen LogP contribution < -0.4 is 5.32 Å². The Hall–Kier alpha value is -0.340. The van der Waals surface area contributed by atoms with E-state index in [2.05, 4.69) is 17.5 Å². The van der Waals surface area contributed by atoms with Crippen LogP contribution in [0.3, 0.4) is 0 Å². The van der Waals surface area contributed by atoms with Crippen molar-refractivity contribution in [1.29, 1.82) is 0 Å². The molecule has 86 valence electrons. The van der Waals surface area contributed by atoms with Gasteiger partial charge in [0.25, 0.3) is 0 Å². The molecular formula is C13H23NO. The van der Waals surface area contributed by atoms with Crippen LogP contribution in [0.1, 0.15) is 44.9 Å². The normalized spacial score (nSPS) is 29.5. The maximum absolute atomic E-state index is 9.47. The van der Waals surface area contributed by atoms with Crippen molar-refractivity contribution < 1.29 is 5.11 Å². The first-order chi connectivity index (χ1) is 7.35. The third-order valence-corrected chi connectivity index (χ3v) is 4.01. The highest BCUT2D eigenvalue weighted by Crippen LogP contribution is 2.29. The molecule has 1 fully saturated rings. The molecule has 1 atom stereocenters. The standard InChI is InChI=1S/C13H23NO/c15-11-13(8-4-5-9-13)14-10-12-6-2-1-3-7-12/h1-2,12,14-15H,3-11H2. The van der Waals surface area contributed by atoms with Gasteiger partial charge in [0.2, 0.25) is 0 Å². The van der Waals surface area contributed by atoms with Crippen LogP contribution in [-0.4, -0.2) is 23.8 Å². The predicted molar refractivity (Wildman–Crippen MR) is 62.8 cm³/mol. The highest BCUT2D eigenvalue weighted by molar-refractivity contribution is 4.95. The van der Waals surface area contributed by atoms with Crippen molar-refractivity contribution in [2.45, 2.75) is 50.5 Å². The van der Waals surface area contributed by atoms with E-state index in [-0.39, 0.29) is 5.54 Å². The Bertz CT molecular complexity index is 219. The van der Waals surface area contributed by atoms with E-state index >= 15 is 0 Å². The van der Waals surface area contributed by atoms with Crippen LogP contribution in [-0.2, 0) is 0 Å². The van der Waals surface area contributed by atoms with Gasteiger partial charge in [-0.25, -0.2) is 0 Å². The fraction of sp³-hybridized carbons (Fsp3) is 0.846. The first-order valence-corrected chi connectivity index (χ1v) is 6.36. The topological polar surface area (TPSA) is 32.3 Å². The van der Waals surface area contributed by atoms with Gasteiger partial charge in [-0.3, -0.25) is 0 Å². The first-order valence-electron chi connectivity index (χ1n) is 6.36. The molecule has 1 saturated carbocycles. The molecule has 2 heteroatoms. The van der Waals surface area contributed by atoms with E-state index < -0.39 is 0 Å². The lowest BCUT2D eigenvalue weighted by Crippen LogP contribution is -2.48. The Kier molecular flexibility index (Phi) is 3.81. The summed E-state index contributed by atoms with van der Waals surface area (Å²) >= 11 is 0. The van der Waals surface area contributed by atoms with E-state index in [9.17, 15) is 5.11 Å². The van der Waals surface area contributed by atoms with E-state index in [1.807, 2.05) is 0 Å². The van der Waals surface area contributed by atoms with Crippen LogP contribution >= 0.6 is 0 Å². The van der Waals surface area contributed by atoms with Crippen molar-refractivity contribution in [2.75, 3.05) is 13.2 Å². The minimum absolute atomic E-state index is 0.0706. The smallest absolute Gasteiger partial charge is 0.0613 e. The van der Waals surface area contributed by atoms with Crippen LogP contribution in [0.15, 0.2) is 12.2 Å². The second-order valence-electron chi connectivity index (χ2n) is 5.18. The molecule has 0 aromatic rings. The lowest BCUT2D eigenvalue weighted by Gasteiger charge is -2.31. The summed E-state index contributed by atoms with van der Waals surface area (Å²) in [5.41, 5.74) is 0.0706. The van der Waals surface area contributed by atoms with Gasteiger partial charge in [0.1, 0.15) is 0 Å². The monoisotopic (exact) mass is 209 g/mol. The average Bonchev–Trinajstić information content (AvgIpc) is 2.77. The third kappa shape index (κ3) is 2.82. The van der Waals surface area contributed by atoms with Gasteiger partial charge in [-0.2, -0.15) is 0 Å². The Morgan fingerprint density at radius 2 is 2.07 bits per heavy atom. The average molecular weight is 209 g/mol. The molecule has 0 spiro atoms. The Labute approximate surface area is 92.8 Å². The first kappa shape index (κ1) is 11.2. The van der Waals surface area contributed by atoms with Gasteiger partial charge < -0.3 is 10.4 Å². The fourth-order valence-corrected chi connectivity index (χ4v) is 2.85. The highest BCUT2D eigenvalue weighted by atomic mass is 16.3. The molecule has 0 heterocycles. The molecule has 0 aliphatic heterocycles. The Balaban J connectivity index is 1.78. The molecule has 1 unspecified atom stereocenters. The molecule has 2 N–H and O–H groups in total. The van der Waals surface area contributed by atoms with Crippen LogP contribution in [0.2, 0.25) is 0 Å². The summed E-state index contributed by atoms with van der Waals surface area (Å²) in [5, 5.41) is 13.1. The summed E-state index contributed by atoms with van der Waals surface area (Å²) in [4.78, 5) is 0. The second kappa shape index (κ2) is 5.13. The minimum Gasteiger partial charge on any atom is -0.394 e. The summed E-state index contributed by atoms with van der Waals surface area (Å²) in [6.07, 6.45) is 13.2. The van der Waals surface area contributed by atoms with Gasteiger partial charge in [-0.05, 0) is 44.6 Å². The van der Waals surface area contributed by atoms with E-state index in [1.165, 1.54) is 32.1 Å². The lowest BCUT2D eigenvalue weighted by atomic mass is 9.92. The van der Waals surface area contributed by atoms with Crippen molar-refractivity contribution >= 4 is 0 Å². The Morgan fingerprint density at radius 3 is 2.67 bits per heavy atom. The van der Waals surface area contributed by atoms with Gasteiger partial charge in [-0.15, -0.1) is 0 Å². The Morgan fingerprint density at radius 1 is 1.27 bits per heavy atom. The number of aliphatic hydroxyl groups is 1. The van der Waals surface area contributed by atoms with E-state index in [0.717, 1.165) is 25.3 Å². The van der Waals surface area contributed by atoms with Crippen LogP contribution in [0.25, 0.3) is 0 Å². The van der Waals surface area contributed by atoms with Crippen molar-refractivity contribution in [3.05, 3.63) is 12.2 Å². The molecule has 0 bridgehead atoms. The molecule has 2 aliphatic rings.